The van der Waals surface area contributed by atoms with E-state index in [1.54, 1.807) is 55.1 Å². The second-order valence-corrected chi connectivity index (χ2v) is 10.5. The molecule has 1 fully saturated rings. The van der Waals surface area contributed by atoms with Crippen molar-refractivity contribution in [2.75, 3.05) is 33.2 Å². The third kappa shape index (κ3) is 6.34. The topological polar surface area (TPSA) is 52.6 Å². The number of benzene rings is 2. The van der Waals surface area contributed by atoms with Gasteiger partial charge in [0.2, 0.25) is 11.8 Å². The van der Waals surface area contributed by atoms with Crippen molar-refractivity contribution in [3.63, 3.8) is 0 Å². The average molecular weight is 531 g/mol. The van der Waals surface area contributed by atoms with Gasteiger partial charge in [-0.05, 0) is 56.3 Å². The van der Waals surface area contributed by atoms with Gasteiger partial charge in [-0.25, -0.2) is 0 Å². The van der Waals surface area contributed by atoms with Crippen LogP contribution in [0.2, 0.25) is 20.1 Å². The molecular formula is C24H27Cl4N3O2. The number of nitrogens with one attached hydrogen (secondary N) is 1. The molecule has 0 aliphatic carbocycles. The standard InChI is InChI=1S/C24H27Cl4N3O2/c1-24(2,18-7-6-17(26)14-20(18)28)23(33)29-21(12-15-4-5-16(25)13-19(15)27)22(32)31-10-8-30(3)9-11-31/h4-7,13-14,21H,8-12H2,1-3H3,(H,29,33)/t21-/m0/s1. The fraction of sp³-hybridized carbons (Fsp3) is 0.417. The molecule has 2 aromatic carbocycles. The minimum atomic E-state index is -0.994. The van der Waals surface area contributed by atoms with Crippen LogP contribution in [0.4, 0.5) is 0 Å². The molecule has 1 aliphatic rings. The molecule has 33 heavy (non-hydrogen) atoms. The second kappa shape index (κ2) is 10.8. The zero-order valence-electron chi connectivity index (χ0n) is 18.8. The van der Waals surface area contributed by atoms with Crippen LogP contribution in [0.5, 0.6) is 0 Å². The molecule has 2 amide bonds. The highest BCUT2D eigenvalue weighted by molar-refractivity contribution is 6.35. The highest BCUT2D eigenvalue weighted by atomic mass is 35.5. The number of rotatable bonds is 6. The molecule has 1 aliphatic heterocycles. The Labute approximate surface area is 214 Å². The van der Waals surface area contributed by atoms with Crippen LogP contribution in [0.25, 0.3) is 0 Å². The van der Waals surface area contributed by atoms with Crippen LogP contribution < -0.4 is 5.32 Å². The van der Waals surface area contributed by atoms with Gasteiger partial charge in [-0.15, -0.1) is 0 Å². The Bertz CT molecular complexity index is 1040. The number of hydrogen-bond acceptors (Lipinski definition) is 3. The number of hydrogen-bond donors (Lipinski definition) is 1. The Balaban J connectivity index is 1.87. The summed E-state index contributed by atoms with van der Waals surface area (Å²) < 4.78 is 0. The third-order valence-corrected chi connectivity index (χ3v) is 7.16. The first-order valence-corrected chi connectivity index (χ1v) is 12.2. The van der Waals surface area contributed by atoms with E-state index in [2.05, 4.69) is 10.2 Å². The zero-order valence-corrected chi connectivity index (χ0v) is 21.8. The summed E-state index contributed by atoms with van der Waals surface area (Å²) in [6.45, 7) is 6.29. The van der Waals surface area contributed by atoms with E-state index in [-0.39, 0.29) is 18.2 Å². The number of likely N-dealkylation sites (N-methyl/N-ethyl adjacent to an activating group) is 1. The minimum Gasteiger partial charge on any atom is -0.343 e. The number of nitrogens with zero attached hydrogens (tertiary/aromatic N) is 2. The molecule has 9 heteroatoms. The molecule has 0 spiro atoms. The molecule has 0 bridgehead atoms. The highest BCUT2D eigenvalue weighted by Crippen LogP contribution is 2.32. The molecule has 3 rings (SSSR count). The van der Waals surface area contributed by atoms with E-state index in [4.69, 9.17) is 46.4 Å². The van der Waals surface area contributed by atoms with Gasteiger partial charge in [0.1, 0.15) is 6.04 Å². The average Bonchev–Trinajstić information content (AvgIpc) is 2.74. The predicted octanol–water partition coefficient (Wildman–Crippen LogP) is 5.08. The molecule has 0 aromatic heterocycles. The first kappa shape index (κ1) is 26.1. The summed E-state index contributed by atoms with van der Waals surface area (Å²) in [6, 6.07) is 9.38. The Morgan fingerprint density at radius 2 is 1.52 bits per heavy atom. The van der Waals surface area contributed by atoms with Crippen LogP contribution in [-0.4, -0.2) is 60.9 Å². The molecule has 0 radical (unpaired) electrons. The molecule has 0 saturated carbocycles. The maximum atomic E-state index is 13.5. The molecule has 1 heterocycles. The molecule has 1 atom stereocenters. The summed E-state index contributed by atoms with van der Waals surface area (Å²) in [5, 5.41) is 4.81. The minimum absolute atomic E-state index is 0.138. The SMILES string of the molecule is CN1CCN(C(=O)[C@H](Cc2ccc(Cl)cc2Cl)NC(=O)C(C)(C)c2ccc(Cl)cc2Cl)CC1. The van der Waals surface area contributed by atoms with Crippen LogP contribution >= 0.6 is 46.4 Å². The third-order valence-electron chi connectivity index (χ3n) is 6.03. The first-order chi connectivity index (χ1) is 15.5. The fourth-order valence-electron chi connectivity index (χ4n) is 3.81. The van der Waals surface area contributed by atoms with Crippen LogP contribution in [0.3, 0.4) is 0 Å². The molecule has 0 unspecified atom stereocenters. The summed E-state index contributed by atoms with van der Waals surface area (Å²) in [6.07, 6.45) is 0.247. The lowest BCUT2D eigenvalue weighted by Crippen LogP contribution is -2.57. The first-order valence-electron chi connectivity index (χ1n) is 10.7. The Morgan fingerprint density at radius 3 is 2.09 bits per heavy atom. The molecule has 2 aromatic rings. The van der Waals surface area contributed by atoms with Crippen LogP contribution in [0, 0.1) is 0 Å². The monoisotopic (exact) mass is 529 g/mol. The number of carbonyl (C=O) groups excluding carboxylic acids is 2. The summed E-state index contributed by atoms with van der Waals surface area (Å²) in [5.41, 5.74) is 0.365. The smallest absolute Gasteiger partial charge is 0.245 e. The fourth-order valence-corrected chi connectivity index (χ4v) is 4.94. The van der Waals surface area contributed by atoms with Gasteiger partial charge in [0.05, 0.1) is 5.41 Å². The normalized spacial score (nSPS) is 15.9. The zero-order chi connectivity index (χ0) is 24.3. The van der Waals surface area contributed by atoms with Gasteiger partial charge in [0, 0.05) is 52.7 Å². The number of amides is 2. The summed E-state index contributed by atoms with van der Waals surface area (Å²) in [7, 11) is 2.02. The Morgan fingerprint density at radius 1 is 0.939 bits per heavy atom. The largest absolute Gasteiger partial charge is 0.343 e. The van der Waals surface area contributed by atoms with Gasteiger partial charge < -0.3 is 15.1 Å². The second-order valence-electron chi connectivity index (χ2n) is 8.84. The quantitative estimate of drug-likeness (QED) is 0.566. The van der Waals surface area contributed by atoms with Crippen molar-refractivity contribution in [2.24, 2.45) is 0 Å². The molecule has 5 nitrogen and oxygen atoms in total. The van der Waals surface area contributed by atoms with E-state index in [1.165, 1.54) is 0 Å². The van der Waals surface area contributed by atoms with Crippen LogP contribution in [0.15, 0.2) is 36.4 Å². The number of carbonyl (C=O) groups is 2. The van der Waals surface area contributed by atoms with Gasteiger partial charge in [0.25, 0.3) is 0 Å². The van der Waals surface area contributed by atoms with Crippen LogP contribution in [0.1, 0.15) is 25.0 Å². The van der Waals surface area contributed by atoms with Crippen molar-refractivity contribution in [3.8, 4) is 0 Å². The number of halogens is 4. The van der Waals surface area contributed by atoms with Gasteiger partial charge in [0.15, 0.2) is 0 Å². The maximum Gasteiger partial charge on any atom is 0.245 e. The summed E-state index contributed by atoms with van der Waals surface area (Å²) >= 11 is 24.8. The van der Waals surface area contributed by atoms with Crippen molar-refractivity contribution in [2.45, 2.75) is 31.7 Å². The van der Waals surface area contributed by atoms with Crippen LogP contribution in [-0.2, 0) is 21.4 Å². The van der Waals surface area contributed by atoms with E-state index in [9.17, 15) is 9.59 Å². The Kier molecular flexibility index (Phi) is 8.57. The van der Waals surface area contributed by atoms with Crippen molar-refractivity contribution < 1.29 is 9.59 Å². The van der Waals surface area contributed by atoms with Crippen molar-refractivity contribution in [1.29, 1.82) is 0 Å². The van der Waals surface area contributed by atoms with E-state index in [0.717, 1.165) is 18.7 Å². The van der Waals surface area contributed by atoms with E-state index in [1.807, 2.05) is 7.05 Å². The highest BCUT2D eigenvalue weighted by Gasteiger charge is 2.36. The van der Waals surface area contributed by atoms with Crippen molar-refractivity contribution >= 4 is 58.2 Å². The van der Waals surface area contributed by atoms with Gasteiger partial charge in [-0.2, -0.15) is 0 Å². The lowest BCUT2D eigenvalue weighted by molar-refractivity contribution is -0.138. The van der Waals surface area contributed by atoms with Crippen molar-refractivity contribution in [1.82, 2.24) is 15.1 Å². The van der Waals surface area contributed by atoms with Gasteiger partial charge >= 0.3 is 0 Å². The van der Waals surface area contributed by atoms with Gasteiger partial charge in [-0.3, -0.25) is 9.59 Å². The molecule has 178 valence electrons. The van der Waals surface area contributed by atoms with E-state index < -0.39 is 11.5 Å². The predicted molar refractivity (Wildman–Crippen MR) is 136 cm³/mol. The Hall–Kier alpha value is -1.50. The number of piperazine rings is 1. The molecule has 1 saturated heterocycles. The maximum absolute atomic E-state index is 13.5. The van der Waals surface area contributed by atoms with Gasteiger partial charge in [-0.1, -0.05) is 58.5 Å². The lowest BCUT2D eigenvalue weighted by atomic mass is 9.83. The summed E-state index contributed by atoms with van der Waals surface area (Å²) in [5.74, 6) is -0.454. The molecular weight excluding hydrogens is 504 g/mol. The van der Waals surface area contributed by atoms with Crippen molar-refractivity contribution in [3.05, 3.63) is 67.6 Å². The summed E-state index contributed by atoms with van der Waals surface area (Å²) in [4.78, 5) is 30.9. The van der Waals surface area contributed by atoms with E-state index >= 15 is 0 Å². The molecule has 1 N–H and O–H groups in total. The lowest BCUT2D eigenvalue weighted by Gasteiger charge is -2.36. The van der Waals surface area contributed by atoms with E-state index in [0.29, 0.717) is 38.7 Å².